The highest BCUT2D eigenvalue weighted by atomic mass is 16.5. The quantitative estimate of drug-likeness (QED) is 0.675. The Balaban J connectivity index is 2.25. The van der Waals surface area contributed by atoms with Crippen LogP contribution in [0.1, 0.15) is 0 Å². The highest BCUT2D eigenvalue weighted by Crippen LogP contribution is 2.51. The van der Waals surface area contributed by atoms with Crippen LogP contribution in [-0.2, 0) is 0 Å². The van der Waals surface area contributed by atoms with Crippen LogP contribution in [0.15, 0.2) is 41.1 Å². The number of nitrogen functional groups attached to an aromatic ring is 1. The maximum atomic E-state index is 5.77. The molecule has 0 spiro atoms. The molecule has 0 aliphatic rings. The number of methoxy groups -OCH3 is 4. The molecule has 0 saturated carbocycles. The van der Waals surface area contributed by atoms with Crippen LogP contribution in [0.3, 0.4) is 0 Å². The van der Waals surface area contributed by atoms with E-state index in [1.165, 1.54) is 7.11 Å². The number of hydrogen-bond acceptors (Lipinski definition) is 7. The minimum Gasteiger partial charge on any atom is -0.493 e. The first-order chi connectivity index (χ1) is 12.6. The summed E-state index contributed by atoms with van der Waals surface area (Å²) in [6.45, 7) is 0. The zero-order valence-corrected chi connectivity index (χ0v) is 15.0. The van der Waals surface area contributed by atoms with Gasteiger partial charge in [0.1, 0.15) is 0 Å². The summed E-state index contributed by atoms with van der Waals surface area (Å²) in [5.74, 6) is 2.45. The van der Waals surface area contributed by atoms with Gasteiger partial charge in [-0.05, 0) is 30.3 Å². The molecule has 3 aromatic rings. The number of nitrogens with zero attached hydrogens (tertiary/aromatic N) is 1. The van der Waals surface area contributed by atoms with Crippen LogP contribution in [0, 0.1) is 0 Å². The minimum atomic E-state index is 0.425. The van der Waals surface area contributed by atoms with Crippen molar-refractivity contribution < 1.29 is 23.5 Å². The molecule has 1 heterocycles. The van der Waals surface area contributed by atoms with E-state index in [9.17, 15) is 0 Å². The molecular weight excluding hydrogens is 336 g/mol. The Labute approximate surface area is 151 Å². The fourth-order valence-electron chi connectivity index (χ4n) is 2.81. The smallest absolute Gasteiger partial charge is 0.207 e. The van der Waals surface area contributed by atoms with E-state index in [1.54, 1.807) is 45.7 Å². The number of anilines is 1. The topological polar surface area (TPSA) is 89.0 Å². The normalized spacial score (nSPS) is 10.5. The Morgan fingerprint density at radius 3 is 2.04 bits per heavy atom. The summed E-state index contributed by atoms with van der Waals surface area (Å²) in [7, 11) is 6.20. The van der Waals surface area contributed by atoms with Gasteiger partial charge in [0.25, 0.3) is 0 Å². The molecule has 0 bridgehead atoms. The lowest BCUT2D eigenvalue weighted by molar-refractivity contribution is 0.306. The van der Waals surface area contributed by atoms with Gasteiger partial charge in [0, 0.05) is 16.8 Å². The van der Waals surface area contributed by atoms with Gasteiger partial charge >= 0.3 is 0 Å². The number of benzene rings is 2. The van der Waals surface area contributed by atoms with Crippen LogP contribution in [0.5, 0.6) is 23.0 Å². The van der Waals surface area contributed by atoms with Crippen LogP contribution in [-0.4, -0.2) is 33.6 Å². The average molecular weight is 356 g/mol. The SMILES string of the molecule is COc1cc(-c2cnoc2-c2ccc(N)cc2)c(OC)c(OC)c1OC. The Hall–Kier alpha value is -3.35. The first-order valence-corrected chi connectivity index (χ1v) is 7.82. The molecule has 1 aromatic heterocycles. The molecule has 0 aliphatic heterocycles. The fraction of sp³-hybridized carbons (Fsp3) is 0.211. The second-order valence-electron chi connectivity index (χ2n) is 5.42. The molecule has 7 heteroatoms. The first-order valence-electron chi connectivity index (χ1n) is 7.82. The standard InChI is InChI=1S/C19H20N2O5/c1-22-15-9-13(17(23-2)19(25-4)18(15)24-3)14-10-21-26-16(14)11-5-7-12(20)8-6-11/h5-10H,20H2,1-4H3. The van der Waals surface area contributed by atoms with Crippen molar-refractivity contribution in [1.82, 2.24) is 5.16 Å². The van der Waals surface area contributed by atoms with Crippen LogP contribution in [0.4, 0.5) is 5.69 Å². The van der Waals surface area contributed by atoms with Gasteiger partial charge in [0.15, 0.2) is 17.3 Å². The molecule has 7 nitrogen and oxygen atoms in total. The van der Waals surface area contributed by atoms with E-state index >= 15 is 0 Å². The Morgan fingerprint density at radius 2 is 1.46 bits per heavy atom. The number of ether oxygens (including phenoxy) is 4. The molecule has 3 rings (SSSR count). The van der Waals surface area contributed by atoms with Crippen LogP contribution < -0.4 is 24.7 Å². The molecule has 0 saturated heterocycles. The van der Waals surface area contributed by atoms with Crippen molar-refractivity contribution in [2.45, 2.75) is 0 Å². The zero-order chi connectivity index (χ0) is 18.7. The number of hydrogen-bond donors (Lipinski definition) is 1. The summed E-state index contributed by atoms with van der Waals surface area (Å²) in [5, 5.41) is 3.95. The highest BCUT2D eigenvalue weighted by molar-refractivity contribution is 5.86. The number of rotatable bonds is 6. The molecule has 2 aromatic carbocycles. The Kier molecular flexibility index (Phi) is 4.88. The third-order valence-corrected chi connectivity index (χ3v) is 4.02. The van der Waals surface area contributed by atoms with Gasteiger partial charge < -0.3 is 29.2 Å². The Morgan fingerprint density at radius 1 is 0.808 bits per heavy atom. The van der Waals surface area contributed by atoms with Crippen molar-refractivity contribution in [3.8, 4) is 45.4 Å². The molecule has 0 fully saturated rings. The maximum absolute atomic E-state index is 5.77. The number of aromatic nitrogens is 1. The van der Waals surface area contributed by atoms with Crippen LogP contribution in [0.25, 0.3) is 22.5 Å². The highest BCUT2D eigenvalue weighted by Gasteiger charge is 2.25. The predicted molar refractivity (Wildman–Crippen MR) is 98.0 cm³/mol. The lowest BCUT2D eigenvalue weighted by atomic mass is 10.00. The van der Waals surface area contributed by atoms with Crippen molar-refractivity contribution in [2.24, 2.45) is 0 Å². The largest absolute Gasteiger partial charge is 0.493 e. The van der Waals surface area contributed by atoms with E-state index in [4.69, 9.17) is 29.2 Å². The lowest BCUT2D eigenvalue weighted by Gasteiger charge is -2.18. The zero-order valence-electron chi connectivity index (χ0n) is 15.0. The van der Waals surface area contributed by atoms with Gasteiger partial charge in [0.2, 0.25) is 11.5 Å². The van der Waals surface area contributed by atoms with E-state index in [1.807, 2.05) is 12.1 Å². The van der Waals surface area contributed by atoms with Gasteiger partial charge in [-0.15, -0.1) is 0 Å². The molecule has 0 unspecified atom stereocenters. The van der Waals surface area contributed by atoms with Gasteiger partial charge in [0.05, 0.1) is 40.2 Å². The van der Waals surface area contributed by atoms with E-state index in [2.05, 4.69) is 5.16 Å². The van der Waals surface area contributed by atoms with E-state index < -0.39 is 0 Å². The van der Waals surface area contributed by atoms with Crippen molar-refractivity contribution in [2.75, 3.05) is 34.2 Å². The van der Waals surface area contributed by atoms with E-state index in [0.717, 1.165) is 11.1 Å². The van der Waals surface area contributed by atoms with E-state index in [0.29, 0.717) is 40.0 Å². The second-order valence-corrected chi connectivity index (χ2v) is 5.42. The summed E-state index contributed by atoms with van der Waals surface area (Å²) in [6, 6.07) is 9.13. The molecule has 26 heavy (non-hydrogen) atoms. The molecule has 0 atom stereocenters. The summed E-state index contributed by atoms with van der Waals surface area (Å²) in [5.41, 5.74) is 8.70. The van der Waals surface area contributed by atoms with Crippen LogP contribution in [0.2, 0.25) is 0 Å². The van der Waals surface area contributed by atoms with Crippen molar-refractivity contribution in [3.05, 3.63) is 36.5 Å². The van der Waals surface area contributed by atoms with Gasteiger partial charge in [-0.1, -0.05) is 5.16 Å². The predicted octanol–water partition coefficient (Wildman–Crippen LogP) is 3.63. The van der Waals surface area contributed by atoms with Gasteiger partial charge in [-0.25, -0.2) is 0 Å². The fourth-order valence-corrected chi connectivity index (χ4v) is 2.81. The second kappa shape index (κ2) is 7.26. The van der Waals surface area contributed by atoms with Gasteiger partial charge in [-0.3, -0.25) is 0 Å². The molecule has 136 valence electrons. The lowest BCUT2D eigenvalue weighted by Crippen LogP contribution is -2.00. The molecular formula is C19H20N2O5. The molecule has 0 amide bonds. The van der Waals surface area contributed by atoms with E-state index in [-0.39, 0.29) is 0 Å². The third kappa shape index (κ3) is 2.88. The maximum Gasteiger partial charge on any atom is 0.207 e. The first kappa shape index (κ1) is 17.5. The Bertz CT molecular complexity index is 903. The summed E-state index contributed by atoms with van der Waals surface area (Å²) < 4.78 is 27.5. The van der Waals surface area contributed by atoms with Crippen molar-refractivity contribution in [3.63, 3.8) is 0 Å². The molecule has 0 aliphatic carbocycles. The van der Waals surface area contributed by atoms with Gasteiger partial charge in [-0.2, -0.15) is 0 Å². The van der Waals surface area contributed by atoms with Crippen LogP contribution >= 0.6 is 0 Å². The average Bonchev–Trinajstić information content (AvgIpc) is 3.16. The monoisotopic (exact) mass is 356 g/mol. The number of nitrogens with two attached hydrogens (primary N) is 1. The van der Waals surface area contributed by atoms with Crippen molar-refractivity contribution in [1.29, 1.82) is 0 Å². The molecule has 0 radical (unpaired) electrons. The minimum absolute atomic E-state index is 0.425. The summed E-state index contributed by atoms with van der Waals surface area (Å²) >= 11 is 0. The third-order valence-electron chi connectivity index (χ3n) is 4.02. The molecule has 2 N–H and O–H groups in total. The van der Waals surface area contributed by atoms with Crippen molar-refractivity contribution >= 4 is 5.69 Å². The summed E-state index contributed by atoms with van der Waals surface area (Å²) in [6.07, 6.45) is 1.62. The summed E-state index contributed by atoms with van der Waals surface area (Å²) in [4.78, 5) is 0.